The molecule has 3 rings (SSSR count). The number of aryl methyl sites for hydroxylation is 2. The molecule has 0 saturated carbocycles. The molecule has 6 nitrogen and oxygen atoms in total. The van der Waals surface area contributed by atoms with Gasteiger partial charge in [0, 0.05) is 31.5 Å². The fraction of sp³-hybridized carbons (Fsp3) is 0.375. The Kier molecular flexibility index (Phi) is 7.74. The van der Waals surface area contributed by atoms with E-state index in [-0.39, 0.29) is 5.91 Å². The zero-order chi connectivity index (χ0) is 21.3. The zero-order valence-corrected chi connectivity index (χ0v) is 18.0. The highest BCUT2D eigenvalue weighted by molar-refractivity contribution is 5.76. The molecule has 0 aliphatic heterocycles. The average molecular weight is 407 g/mol. The third-order valence-corrected chi connectivity index (χ3v) is 5.23. The molecule has 1 aromatic heterocycles. The Labute approximate surface area is 178 Å². The zero-order valence-electron chi connectivity index (χ0n) is 18.0. The topological polar surface area (TPSA) is 71.3 Å². The first-order chi connectivity index (χ1) is 14.6. The molecule has 0 spiro atoms. The molecule has 0 aliphatic rings. The van der Waals surface area contributed by atoms with Crippen LogP contribution < -0.4 is 5.32 Å². The summed E-state index contributed by atoms with van der Waals surface area (Å²) >= 11 is 0. The molecule has 2 aromatic carbocycles. The van der Waals surface area contributed by atoms with Crippen molar-refractivity contribution in [1.82, 2.24) is 20.4 Å². The molecule has 0 aliphatic carbocycles. The summed E-state index contributed by atoms with van der Waals surface area (Å²) in [6.07, 6.45) is 0.736. The van der Waals surface area contributed by atoms with E-state index in [0.717, 1.165) is 30.8 Å². The quantitative estimate of drug-likeness (QED) is 0.548. The summed E-state index contributed by atoms with van der Waals surface area (Å²) in [5.41, 5.74) is 4.49. The van der Waals surface area contributed by atoms with Crippen molar-refractivity contribution >= 4 is 5.91 Å². The van der Waals surface area contributed by atoms with E-state index >= 15 is 0 Å². The van der Waals surface area contributed by atoms with Crippen molar-refractivity contribution in [1.29, 1.82) is 0 Å². The Balaban J connectivity index is 1.51. The number of carbonyl (C=O) groups excluding carboxylic acids is 1. The summed E-state index contributed by atoms with van der Waals surface area (Å²) in [4.78, 5) is 19.1. The maximum absolute atomic E-state index is 12.3. The number of rotatable bonds is 10. The van der Waals surface area contributed by atoms with Gasteiger partial charge in [-0.1, -0.05) is 73.1 Å². The van der Waals surface area contributed by atoms with E-state index in [0.29, 0.717) is 31.1 Å². The molecule has 30 heavy (non-hydrogen) atoms. The van der Waals surface area contributed by atoms with Crippen molar-refractivity contribution in [3.63, 3.8) is 0 Å². The highest BCUT2D eigenvalue weighted by Crippen LogP contribution is 2.17. The fourth-order valence-corrected chi connectivity index (χ4v) is 3.25. The molecular formula is C24H30N4O2. The second kappa shape index (κ2) is 10.7. The Hall–Kier alpha value is -2.99. The van der Waals surface area contributed by atoms with Crippen LogP contribution >= 0.6 is 0 Å². The van der Waals surface area contributed by atoms with Crippen LogP contribution in [0.25, 0.3) is 11.4 Å². The van der Waals surface area contributed by atoms with Crippen molar-refractivity contribution < 1.29 is 9.32 Å². The molecule has 1 heterocycles. The summed E-state index contributed by atoms with van der Waals surface area (Å²) in [5.74, 6) is 1.00. The predicted octanol–water partition coefficient (Wildman–Crippen LogP) is 4.14. The van der Waals surface area contributed by atoms with Crippen molar-refractivity contribution in [2.45, 2.75) is 46.7 Å². The van der Waals surface area contributed by atoms with Crippen LogP contribution in [0.5, 0.6) is 0 Å². The standard InChI is InChI=1S/C24H30N4O2/c1-4-28(5-2)17-21-9-7-6-8-20(21)16-25-22(29)14-15-23-26-24(27-30-23)19-12-10-18(3)11-13-19/h6-13H,4-5,14-17H2,1-3H3,(H,25,29). The van der Waals surface area contributed by atoms with Gasteiger partial charge in [-0.25, -0.2) is 0 Å². The number of hydrogen-bond acceptors (Lipinski definition) is 5. The number of nitrogens with one attached hydrogen (secondary N) is 1. The monoisotopic (exact) mass is 406 g/mol. The molecule has 158 valence electrons. The number of benzene rings is 2. The van der Waals surface area contributed by atoms with Gasteiger partial charge in [-0.15, -0.1) is 0 Å². The molecule has 0 radical (unpaired) electrons. The Morgan fingerprint density at radius 3 is 2.43 bits per heavy atom. The summed E-state index contributed by atoms with van der Waals surface area (Å²) in [6, 6.07) is 16.2. The summed E-state index contributed by atoms with van der Waals surface area (Å²) < 4.78 is 5.30. The molecule has 1 N–H and O–H groups in total. The highest BCUT2D eigenvalue weighted by Gasteiger charge is 2.12. The minimum atomic E-state index is -0.0253. The molecule has 0 unspecified atom stereocenters. The Bertz CT molecular complexity index is 946. The normalized spacial score (nSPS) is 11.1. The lowest BCUT2D eigenvalue weighted by atomic mass is 10.1. The maximum Gasteiger partial charge on any atom is 0.227 e. The Morgan fingerprint density at radius 1 is 1.03 bits per heavy atom. The summed E-state index contributed by atoms with van der Waals surface area (Å²) in [6.45, 7) is 9.78. The van der Waals surface area contributed by atoms with Crippen LogP contribution in [0.2, 0.25) is 0 Å². The largest absolute Gasteiger partial charge is 0.352 e. The molecule has 0 fully saturated rings. The van der Waals surface area contributed by atoms with Gasteiger partial charge in [0.05, 0.1) is 0 Å². The van der Waals surface area contributed by atoms with Crippen LogP contribution in [0.1, 0.15) is 42.8 Å². The van der Waals surface area contributed by atoms with E-state index in [2.05, 4.69) is 46.3 Å². The molecule has 6 heteroatoms. The molecule has 0 atom stereocenters. The van der Waals surface area contributed by atoms with Gasteiger partial charge in [0.25, 0.3) is 0 Å². The first-order valence-corrected chi connectivity index (χ1v) is 10.5. The molecule has 0 bridgehead atoms. The van der Waals surface area contributed by atoms with Gasteiger partial charge in [-0.2, -0.15) is 4.98 Å². The van der Waals surface area contributed by atoms with Crippen LogP contribution in [0.3, 0.4) is 0 Å². The first kappa shape index (κ1) is 21.7. The fourth-order valence-electron chi connectivity index (χ4n) is 3.25. The highest BCUT2D eigenvalue weighted by atomic mass is 16.5. The van der Waals surface area contributed by atoms with Gasteiger partial charge in [0.1, 0.15) is 0 Å². The van der Waals surface area contributed by atoms with Crippen LogP contribution in [-0.4, -0.2) is 34.0 Å². The average Bonchev–Trinajstić information content (AvgIpc) is 3.24. The van der Waals surface area contributed by atoms with Crippen LogP contribution in [-0.2, 0) is 24.3 Å². The Morgan fingerprint density at radius 2 is 1.73 bits per heavy atom. The number of nitrogens with zero attached hydrogens (tertiary/aromatic N) is 3. The van der Waals surface area contributed by atoms with Gasteiger partial charge in [0.2, 0.25) is 17.6 Å². The lowest BCUT2D eigenvalue weighted by molar-refractivity contribution is -0.121. The lowest BCUT2D eigenvalue weighted by Crippen LogP contribution is -2.26. The van der Waals surface area contributed by atoms with E-state index < -0.39 is 0 Å². The van der Waals surface area contributed by atoms with E-state index in [1.54, 1.807) is 0 Å². The predicted molar refractivity (Wildman–Crippen MR) is 118 cm³/mol. The van der Waals surface area contributed by atoms with Gasteiger partial charge >= 0.3 is 0 Å². The van der Waals surface area contributed by atoms with Crippen molar-refractivity contribution in [3.05, 3.63) is 71.1 Å². The van der Waals surface area contributed by atoms with E-state index in [1.165, 1.54) is 11.1 Å². The lowest BCUT2D eigenvalue weighted by Gasteiger charge is -2.20. The van der Waals surface area contributed by atoms with E-state index in [9.17, 15) is 4.79 Å². The second-order valence-electron chi connectivity index (χ2n) is 7.38. The second-order valence-corrected chi connectivity index (χ2v) is 7.38. The van der Waals surface area contributed by atoms with Crippen molar-refractivity contribution in [3.8, 4) is 11.4 Å². The number of hydrogen-bond donors (Lipinski definition) is 1. The first-order valence-electron chi connectivity index (χ1n) is 10.5. The summed E-state index contributed by atoms with van der Waals surface area (Å²) in [5, 5.41) is 7.04. The van der Waals surface area contributed by atoms with Gasteiger partial charge in [-0.3, -0.25) is 9.69 Å². The number of carbonyl (C=O) groups is 1. The minimum Gasteiger partial charge on any atom is -0.352 e. The maximum atomic E-state index is 12.3. The van der Waals surface area contributed by atoms with Crippen LogP contribution in [0, 0.1) is 6.92 Å². The smallest absolute Gasteiger partial charge is 0.227 e. The van der Waals surface area contributed by atoms with Gasteiger partial charge in [-0.05, 0) is 31.1 Å². The SMILES string of the molecule is CCN(CC)Cc1ccccc1CNC(=O)CCc1nc(-c2ccc(C)cc2)no1. The number of amides is 1. The van der Waals surface area contributed by atoms with E-state index in [4.69, 9.17) is 4.52 Å². The van der Waals surface area contributed by atoms with E-state index in [1.807, 2.05) is 43.3 Å². The third kappa shape index (κ3) is 6.00. The molecular weight excluding hydrogens is 376 g/mol. The molecule has 1 amide bonds. The summed E-state index contributed by atoms with van der Waals surface area (Å²) in [7, 11) is 0. The van der Waals surface area contributed by atoms with Gasteiger partial charge in [0.15, 0.2) is 0 Å². The van der Waals surface area contributed by atoms with Crippen molar-refractivity contribution in [2.75, 3.05) is 13.1 Å². The van der Waals surface area contributed by atoms with Crippen LogP contribution in [0.4, 0.5) is 0 Å². The molecule has 3 aromatic rings. The molecule has 0 saturated heterocycles. The van der Waals surface area contributed by atoms with Crippen molar-refractivity contribution in [2.24, 2.45) is 0 Å². The van der Waals surface area contributed by atoms with Crippen LogP contribution in [0.15, 0.2) is 53.1 Å². The third-order valence-electron chi connectivity index (χ3n) is 5.23. The number of aromatic nitrogens is 2. The van der Waals surface area contributed by atoms with Gasteiger partial charge < -0.3 is 9.84 Å². The minimum absolute atomic E-state index is 0.0253.